The number of nitrogens with zero attached hydrogens (tertiary/aromatic N) is 2. The Morgan fingerprint density at radius 3 is 3.00 bits per heavy atom. The number of halogens is 1. The van der Waals surface area contributed by atoms with Crippen molar-refractivity contribution in [3.05, 3.63) is 47.5 Å². The lowest BCUT2D eigenvalue weighted by molar-refractivity contribution is 0.102. The molecule has 0 fully saturated rings. The molecule has 1 heterocycles. The highest BCUT2D eigenvalue weighted by molar-refractivity contribution is 6.04. The average molecular weight is 287 g/mol. The third-order valence-corrected chi connectivity index (χ3v) is 2.66. The molecule has 108 valence electrons. The lowest BCUT2D eigenvalue weighted by Crippen LogP contribution is -2.12. The highest BCUT2D eigenvalue weighted by Gasteiger charge is 2.10. The van der Waals surface area contributed by atoms with Crippen LogP contribution in [0.3, 0.4) is 0 Å². The number of amides is 1. The molecule has 5 nitrogen and oxygen atoms in total. The van der Waals surface area contributed by atoms with E-state index in [1.165, 1.54) is 29.1 Å². The van der Waals surface area contributed by atoms with Crippen LogP contribution in [0.15, 0.2) is 30.6 Å². The Bertz CT molecular complexity index is 713. The van der Waals surface area contributed by atoms with Gasteiger partial charge in [0.1, 0.15) is 5.82 Å². The Balaban J connectivity index is 2.23. The Kier molecular flexibility index (Phi) is 4.69. The largest absolute Gasteiger partial charge is 0.395 e. The molecule has 0 bridgehead atoms. The van der Waals surface area contributed by atoms with Crippen molar-refractivity contribution in [2.45, 2.75) is 6.42 Å². The van der Waals surface area contributed by atoms with Gasteiger partial charge in [0, 0.05) is 19.7 Å². The van der Waals surface area contributed by atoms with E-state index in [9.17, 15) is 9.18 Å². The second-order valence-corrected chi connectivity index (χ2v) is 4.32. The smallest absolute Gasteiger partial charge is 0.258 e. The van der Waals surface area contributed by atoms with Gasteiger partial charge in [0.15, 0.2) is 0 Å². The van der Waals surface area contributed by atoms with Crippen molar-refractivity contribution in [2.75, 3.05) is 11.9 Å². The van der Waals surface area contributed by atoms with Crippen LogP contribution in [-0.2, 0) is 7.05 Å². The summed E-state index contributed by atoms with van der Waals surface area (Å²) in [6.45, 7) is -0.0697. The number of hydrogen-bond acceptors (Lipinski definition) is 3. The molecule has 0 spiro atoms. The minimum atomic E-state index is -0.442. The van der Waals surface area contributed by atoms with Gasteiger partial charge in [-0.1, -0.05) is 11.8 Å². The summed E-state index contributed by atoms with van der Waals surface area (Å²) >= 11 is 0. The van der Waals surface area contributed by atoms with Crippen LogP contribution in [0.25, 0.3) is 0 Å². The maximum atomic E-state index is 13.3. The van der Waals surface area contributed by atoms with Gasteiger partial charge >= 0.3 is 0 Å². The first-order valence-electron chi connectivity index (χ1n) is 6.29. The van der Waals surface area contributed by atoms with E-state index < -0.39 is 5.82 Å². The predicted octanol–water partition coefficient (Wildman–Crippen LogP) is 1.55. The molecular formula is C15H14FN3O2. The Hall–Kier alpha value is -2.65. The summed E-state index contributed by atoms with van der Waals surface area (Å²) in [4.78, 5) is 12.0. The molecule has 1 aromatic heterocycles. The second-order valence-electron chi connectivity index (χ2n) is 4.32. The average Bonchev–Trinajstić information content (AvgIpc) is 2.88. The summed E-state index contributed by atoms with van der Waals surface area (Å²) in [5, 5.41) is 15.3. The molecule has 2 N–H and O–H groups in total. The molecular weight excluding hydrogens is 273 g/mol. The second kappa shape index (κ2) is 6.68. The standard InChI is InChI=1S/C15H14FN3O2/c1-19-10-12(9-17-19)15(21)18-14-6-5-13(16)8-11(14)4-2-3-7-20/h5-6,8-10,20H,3,7H2,1H3,(H,18,21). The molecule has 2 aromatic rings. The monoisotopic (exact) mass is 287 g/mol. The first-order chi connectivity index (χ1) is 10.1. The summed E-state index contributed by atoms with van der Waals surface area (Å²) in [6, 6.07) is 3.94. The normalized spacial score (nSPS) is 9.86. The number of aryl methyl sites for hydroxylation is 1. The fourth-order valence-corrected chi connectivity index (χ4v) is 1.68. The van der Waals surface area contributed by atoms with Crippen molar-refractivity contribution < 1.29 is 14.3 Å². The Morgan fingerprint density at radius 2 is 2.33 bits per heavy atom. The number of nitrogens with one attached hydrogen (secondary N) is 1. The van der Waals surface area contributed by atoms with E-state index in [0.29, 0.717) is 16.8 Å². The van der Waals surface area contributed by atoms with E-state index >= 15 is 0 Å². The van der Waals surface area contributed by atoms with Gasteiger partial charge in [-0.15, -0.1) is 0 Å². The number of carbonyl (C=O) groups excluding carboxylic acids is 1. The highest BCUT2D eigenvalue weighted by atomic mass is 19.1. The molecule has 0 aliphatic rings. The van der Waals surface area contributed by atoms with Gasteiger partial charge in [0.25, 0.3) is 5.91 Å². The van der Waals surface area contributed by atoms with Crippen LogP contribution in [0.4, 0.5) is 10.1 Å². The van der Waals surface area contributed by atoms with Crippen molar-refractivity contribution in [3.8, 4) is 11.8 Å². The fourth-order valence-electron chi connectivity index (χ4n) is 1.68. The van der Waals surface area contributed by atoms with Crippen LogP contribution in [-0.4, -0.2) is 27.4 Å². The van der Waals surface area contributed by atoms with E-state index in [1.807, 2.05) is 0 Å². The first kappa shape index (κ1) is 14.8. The zero-order chi connectivity index (χ0) is 15.2. The number of anilines is 1. The van der Waals surface area contributed by atoms with E-state index in [2.05, 4.69) is 22.3 Å². The number of carbonyl (C=O) groups is 1. The number of aliphatic hydroxyl groups excluding tert-OH is 1. The minimum absolute atomic E-state index is 0.0697. The van der Waals surface area contributed by atoms with E-state index in [-0.39, 0.29) is 18.9 Å². The van der Waals surface area contributed by atoms with Crippen LogP contribution in [0.1, 0.15) is 22.3 Å². The number of hydrogen-bond donors (Lipinski definition) is 2. The number of aliphatic hydroxyl groups is 1. The molecule has 0 aliphatic heterocycles. The topological polar surface area (TPSA) is 67.2 Å². The summed E-state index contributed by atoms with van der Waals surface area (Å²) in [5.41, 5.74) is 1.17. The highest BCUT2D eigenvalue weighted by Crippen LogP contribution is 2.17. The predicted molar refractivity (Wildman–Crippen MR) is 76.1 cm³/mol. The summed E-state index contributed by atoms with van der Waals surface area (Å²) in [7, 11) is 1.71. The summed E-state index contributed by atoms with van der Waals surface area (Å²) in [5.74, 6) is 4.64. The summed E-state index contributed by atoms with van der Waals surface area (Å²) in [6.07, 6.45) is 3.30. The van der Waals surface area contributed by atoms with Crippen LogP contribution in [0, 0.1) is 17.7 Å². The third-order valence-electron chi connectivity index (χ3n) is 2.66. The maximum absolute atomic E-state index is 13.3. The molecule has 0 radical (unpaired) electrons. The van der Waals surface area contributed by atoms with Gasteiger partial charge in [-0.2, -0.15) is 5.10 Å². The molecule has 21 heavy (non-hydrogen) atoms. The third kappa shape index (κ3) is 3.91. The van der Waals surface area contributed by atoms with Crippen LogP contribution in [0.5, 0.6) is 0 Å². The van der Waals surface area contributed by atoms with Gasteiger partial charge in [-0.3, -0.25) is 9.48 Å². The van der Waals surface area contributed by atoms with Crippen molar-refractivity contribution in [1.82, 2.24) is 9.78 Å². The Morgan fingerprint density at radius 1 is 1.52 bits per heavy atom. The molecule has 0 unspecified atom stereocenters. The lowest BCUT2D eigenvalue weighted by atomic mass is 10.1. The van der Waals surface area contributed by atoms with Crippen molar-refractivity contribution >= 4 is 11.6 Å². The van der Waals surface area contributed by atoms with Gasteiger partial charge in [0.05, 0.1) is 29.6 Å². The zero-order valence-electron chi connectivity index (χ0n) is 11.4. The zero-order valence-corrected chi connectivity index (χ0v) is 11.4. The van der Waals surface area contributed by atoms with Gasteiger partial charge in [-0.25, -0.2) is 4.39 Å². The van der Waals surface area contributed by atoms with E-state index in [0.717, 1.165) is 0 Å². The first-order valence-corrected chi connectivity index (χ1v) is 6.29. The molecule has 1 amide bonds. The number of benzene rings is 1. The van der Waals surface area contributed by atoms with Crippen LogP contribution >= 0.6 is 0 Å². The molecule has 0 saturated carbocycles. The van der Waals surface area contributed by atoms with E-state index in [1.54, 1.807) is 13.2 Å². The fraction of sp³-hybridized carbons (Fsp3) is 0.200. The number of aromatic nitrogens is 2. The minimum Gasteiger partial charge on any atom is -0.395 e. The van der Waals surface area contributed by atoms with Crippen molar-refractivity contribution in [2.24, 2.45) is 7.05 Å². The quantitative estimate of drug-likeness (QED) is 0.842. The van der Waals surface area contributed by atoms with Crippen molar-refractivity contribution in [3.63, 3.8) is 0 Å². The molecule has 2 rings (SSSR count). The maximum Gasteiger partial charge on any atom is 0.258 e. The van der Waals surface area contributed by atoms with Crippen LogP contribution in [0.2, 0.25) is 0 Å². The van der Waals surface area contributed by atoms with Crippen molar-refractivity contribution in [1.29, 1.82) is 0 Å². The number of rotatable bonds is 3. The molecule has 0 saturated heterocycles. The van der Waals surface area contributed by atoms with E-state index in [4.69, 9.17) is 5.11 Å². The SMILES string of the molecule is Cn1cc(C(=O)Nc2ccc(F)cc2C#CCCO)cn1. The molecule has 1 aromatic carbocycles. The summed E-state index contributed by atoms with van der Waals surface area (Å²) < 4.78 is 14.8. The molecule has 0 atom stereocenters. The lowest BCUT2D eigenvalue weighted by Gasteiger charge is -2.06. The van der Waals surface area contributed by atoms with Crippen LogP contribution < -0.4 is 5.32 Å². The molecule has 0 aliphatic carbocycles. The van der Waals surface area contributed by atoms with Gasteiger partial charge in [-0.05, 0) is 18.2 Å². The molecule has 6 heteroatoms. The van der Waals surface area contributed by atoms with Gasteiger partial charge in [0.2, 0.25) is 0 Å². The Labute approximate surface area is 121 Å². The van der Waals surface area contributed by atoms with Gasteiger partial charge < -0.3 is 10.4 Å².